The van der Waals surface area contributed by atoms with Crippen LogP contribution in [0.1, 0.15) is 45.5 Å². The molecule has 31 heavy (non-hydrogen) atoms. The third-order valence-corrected chi connectivity index (χ3v) is 5.31. The molecule has 1 N–H and O–H groups in total. The summed E-state index contributed by atoms with van der Waals surface area (Å²) in [5.41, 5.74) is 4.32. The van der Waals surface area contributed by atoms with Crippen molar-refractivity contribution in [1.82, 2.24) is 0 Å². The Hall–Kier alpha value is -3.11. The van der Waals surface area contributed by atoms with Gasteiger partial charge in [-0.2, -0.15) is 0 Å². The van der Waals surface area contributed by atoms with Gasteiger partial charge in [-0.05, 0) is 85.3 Å². The highest BCUT2D eigenvalue weighted by Gasteiger charge is 2.11. The first-order valence-electron chi connectivity index (χ1n) is 10.2. The third kappa shape index (κ3) is 6.43. The maximum absolute atomic E-state index is 12.5. The van der Waals surface area contributed by atoms with Crippen LogP contribution in [0, 0.1) is 13.8 Å². The van der Waals surface area contributed by atoms with Crippen LogP contribution in [0.4, 0.5) is 0 Å². The minimum atomic E-state index is -0.860. The second-order valence-corrected chi connectivity index (χ2v) is 8.10. The van der Waals surface area contributed by atoms with E-state index in [2.05, 4.69) is 0 Å². The van der Waals surface area contributed by atoms with E-state index in [1.165, 1.54) is 5.56 Å². The number of ketones is 1. The number of carboxylic acid groups (broad SMARTS) is 1. The van der Waals surface area contributed by atoms with Gasteiger partial charge in [-0.15, -0.1) is 0 Å². The quantitative estimate of drug-likeness (QED) is 0.384. The molecule has 0 aromatic heterocycles. The molecule has 0 bridgehead atoms. The normalized spacial score (nSPS) is 10.7. The van der Waals surface area contributed by atoms with Crippen molar-refractivity contribution in [2.24, 2.45) is 0 Å². The molecule has 3 aromatic rings. The van der Waals surface area contributed by atoms with Gasteiger partial charge >= 0.3 is 5.97 Å². The maximum Gasteiger partial charge on any atom is 0.307 e. The number of halogens is 1. The van der Waals surface area contributed by atoms with E-state index in [-0.39, 0.29) is 12.2 Å². The van der Waals surface area contributed by atoms with Gasteiger partial charge in [0, 0.05) is 17.0 Å². The molecule has 0 aliphatic carbocycles. The summed E-state index contributed by atoms with van der Waals surface area (Å²) >= 11 is 5.90. The zero-order chi connectivity index (χ0) is 22.4. The Bertz CT molecular complexity index is 1050. The molecule has 0 spiro atoms. The largest absolute Gasteiger partial charge is 0.481 e. The molecule has 4 nitrogen and oxygen atoms in total. The van der Waals surface area contributed by atoms with Crippen LogP contribution >= 0.6 is 11.6 Å². The van der Waals surface area contributed by atoms with Crippen molar-refractivity contribution in [3.63, 3.8) is 0 Å². The number of Topliss-reactive ketones (excluding diaryl/α,β-unsaturated/α-hetero) is 1. The van der Waals surface area contributed by atoms with Gasteiger partial charge in [0.2, 0.25) is 0 Å². The summed E-state index contributed by atoms with van der Waals surface area (Å²) in [4.78, 5) is 23.4. The lowest BCUT2D eigenvalue weighted by Gasteiger charge is -2.14. The molecule has 0 saturated heterocycles. The lowest BCUT2D eigenvalue weighted by atomic mass is 10.0. The van der Waals surface area contributed by atoms with Crippen molar-refractivity contribution < 1.29 is 19.4 Å². The molecular weight excluding hydrogens is 412 g/mol. The van der Waals surface area contributed by atoms with E-state index in [9.17, 15) is 9.59 Å². The fraction of sp³-hybridized carbons (Fsp3) is 0.231. The van der Waals surface area contributed by atoms with Crippen molar-refractivity contribution >= 4 is 23.4 Å². The van der Waals surface area contributed by atoms with Crippen molar-refractivity contribution in [3.8, 4) is 11.5 Å². The van der Waals surface area contributed by atoms with E-state index in [0.29, 0.717) is 28.5 Å². The van der Waals surface area contributed by atoms with Crippen molar-refractivity contribution in [2.75, 3.05) is 0 Å². The molecule has 0 radical (unpaired) electrons. The van der Waals surface area contributed by atoms with Gasteiger partial charge in [0.25, 0.3) is 0 Å². The summed E-state index contributed by atoms with van der Waals surface area (Å²) in [5, 5.41) is 9.69. The Kier molecular flexibility index (Phi) is 7.48. The summed E-state index contributed by atoms with van der Waals surface area (Å²) in [6.07, 6.45) is 2.07. The number of carbonyl (C=O) groups excluding carboxylic acids is 1. The topological polar surface area (TPSA) is 63.6 Å². The highest BCUT2D eigenvalue weighted by atomic mass is 35.5. The summed E-state index contributed by atoms with van der Waals surface area (Å²) in [7, 11) is 0. The smallest absolute Gasteiger partial charge is 0.307 e. The predicted octanol–water partition coefficient (Wildman–Crippen LogP) is 6.58. The molecule has 0 aliphatic heterocycles. The minimum absolute atomic E-state index is 0.0171. The van der Waals surface area contributed by atoms with Crippen molar-refractivity contribution in [3.05, 3.63) is 93.5 Å². The highest BCUT2D eigenvalue weighted by molar-refractivity contribution is 6.30. The molecule has 0 aliphatic rings. The van der Waals surface area contributed by atoms with Gasteiger partial charge in [-0.25, -0.2) is 0 Å². The fourth-order valence-electron chi connectivity index (χ4n) is 3.55. The molecule has 0 amide bonds. The first-order chi connectivity index (χ1) is 14.8. The van der Waals surface area contributed by atoms with E-state index in [1.807, 2.05) is 50.2 Å². The van der Waals surface area contributed by atoms with Gasteiger partial charge in [0.05, 0.1) is 6.42 Å². The number of carbonyl (C=O) groups is 2. The van der Waals surface area contributed by atoms with Crippen LogP contribution in [-0.4, -0.2) is 16.9 Å². The number of hydrogen-bond donors (Lipinski definition) is 1. The zero-order valence-electron chi connectivity index (χ0n) is 17.7. The molecule has 0 fully saturated rings. The summed E-state index contributed by atoms with van der Waals surface area (Å²) < 4.78 is 6.01. The SMILES string of the molecule is Cc1cc(CC(=O)O)cc(C)c1Oc1ccc(C(=O)CCCc2ccc(Cl)cc2)cc1. The summed E-state index contributed by atoms with van der Waals surface area (Å²) in [6, 6.07) is 18.5. The second-order valence-electron chi connectivity index (χ2n) is 7.66. The van der Waals surface area contributed by atoms with Crippen LogP contribution in [0.25, 0.3) is 0 Å². The van der Waals surface area contributed by atoms with Crippen LogP contribution in [-0.2, 0) is 17.6 Å². The van der Waals surface area contributed by atoms with Gasteiger partial charge < -0.3 is 9.84 Å². The summed E-state index contributed by atoms with van der Waals surface area (Å²) in [5.74, 6) is 0.581. The van der Waals surface area contributed by atoms with Crippen LogP contribution in [0.15, 0.2) is 60.7 Å². The monoisotopic (exact) mass is 436 g/mol. The van der Waals surface area contributed by atoms with E-state index in [1.54, 1.807) is 24.3 Å². The predicted molar refractivity (Wildman–Crippen MR) is 122 cm³/mol. The number of rotatable bonds is 9. The number of ether oxygens (including phenoxy) is 1. The average Bonchev–Trinajstić information content (AvgIpc) is 2.72. The third-order valence-electron chi connectivity index (χ3n) is 5.05. The number of benzene rings is 3. The highest BCUT2D eigenvalue weighted by Crippen LogP contribution is 2.30. The Morgan fingerprint density at radius 3 is 2.10 bits per heavy atom. The number of hydrogen-bond acceptors (Lipinski definition) is 3. The molecule has 0 atom stereocenters. The molecule has 0 unspecified atom stereocenters. The molecule has 3 aromatic carbocycles. The average molecular weight is 437 g/mol. The summed E-state index contributed by atoms with van der Waals surface area (Å²) in [6.45, 7) is 3.79. The van der Waals surface area contributed by atoms with E-state index < -0.39 is 5.97 Å². The van der Waals surface area contributed by atoms with Gasteiger partial charge in [0.1, 0.15) is 11.5 Å². The molecule has 3 rings (SSSR count). The zero-order valence-corrected chi connectivity index (χ0v) is 18.4. The van der Waals surface area contributed by atoms with Crippen LogP contribution in [0.2, 0.25) is 5.02 Å². The number of carboxylic acids is 1. The van der Waals surface area contributed by atoms with Gasteiger partial charge in [0.15, 0.2) is 5.78 Å². The Balaban J connectivity index is 1.59. The van der Waals surface area contributed by atoms with Crippen LogP contribution in [0.3, 0.4) is 0 Å². The van der Waals surface area contributed by atoms with Gasteiger partial charge in [-0.1, -0.05) is 35.9 Å². The molecule has 0 heterocycles. The molecule has 0 saturated carbocycles. The minimum Gasteiger partial charge on any atom is -0.481 e. The molecule has 5 heteroatoms. The Morgan fingerprint density at radius 1 is 0.903 bits per heavy atom. The van der Waals surface area contributed by atoms with Crippen molar-refractivity contribution in [1.29, 1.82) is 0 Å². The first kappa shape index (κ1) is 22.6. The molecular formula is C26H25ClO4. The first-order valence-corrected chi connectivity index (χ1v) is 10.6. The maximum atomic E-state index is 12.5. The van der Waals surface area contributed by atoms with E-state index >= 15 is 0 Å². The van der Waals surface area contributed by atoms with Gasteiger partial charge in [-0.3, -0.25) is 9.59 Å². The Morgan fingerprint density at radius 2 is 1.52 bits per heavy atom. The lowest BCUT2D eigenvalue weighted by molar-refractivity contribution is -0.136. The van der Waals surface area contributed by atoms with E-state index in [0.717, 1.165) is 29.5 Å². The Labute approximate surface area is 187 Å². The van der Waals surface area contributed by atoms with E-state index in [4.69, 9.17) is 21.4 Å². The lowest BCUT2D eigenvalue weighted by Crippen LogP contribution is -2.02. The van der Waals surface area contributed by atoms with Crippen molar-refractivity contribution in [2.45, 2.75) is 39.5 Å². The number of aryl methyl sites for hydroxylation is 3. The second kappa shape index (κ2) is 10.3. The van der Waals surface area contributed by atoms with Crippen LogP contribution < -0.4 is 4.74 Å². The number of aliphatic carboxylic acids is 1. The molecule has 160 valence electrons. The van der Waals surface area contributed by atoms with Crippen LogP contribution in [0.5, 0.6) is 11.5 Å². The fourth-order valence-corrected chi connectivity index (χ4v) is 3.68. The standard InChI is InChI=1S/C26H25ClO4/c1-17-14-20(16-25(29)30)15-18(2)26(17)31-23-12-8-21(9-13-23)24(28)5-3-4-19-6-10-22(27)11-7-19/h6-15H,3-5,16H2,1-2H3,(H,29,30).